The highest BCUT2D eigenvalue weighted by molar-refractivity contribution is 8.00. The van der Waals surface area contributed by atoms with E-state index in [0.717, 1.165) is 10.7 Å². The highest BCUT2D eigenvalue weighted by Crippen LogP contribution is 2.26. The molecular formula is C19H15ClFN5OS. The predicted octanol–water partition coefficient (Wildman–Crippen LogP) is 5.07. The third kappa shape index (κ3) is 3.69. The summed E-state index contributed by atoms with van der Waals surface area (Å²) in [7, 11) is 1.74. The van der Waals surface area contributed by atoms with Crippen molar-refractivity contribution in [3.05, 3.63) is 71.3 Å². The van der Waals surface area contributed by atoms with E-state index in [-0.39, 0.29) is 10.9 Å². The van der Waals surface area contributed by atoms with Crippen LogP contribution in [0.15, 0.2) is 59.6 Å². The van der Waals surface area contributed by atoms with E-state index >= 15 is 0 Å². The maximum atomic E-state index is 13.7. The molecule has 0 spiro atoms. The van der Waals surface area contributed by atoms with Crippen molar-refractivity contribution in [2.45, 2.75) is 4.90 Å². The average molecular weight is 416 g/mol. The zero-order valence-corrected chi connectivity index (χ0v) is 16.2. The molecule has 4 rings (SSSR count). The van der Waals surface area contributed by atoms with E-state index in [9.17, 15) is 9.18 Å². The quantitative estimate of drug-likeness (QED) is 0.398. The number of fused-ring (bicyclic) bond motifs is 1. The van der Waals surface area contributed by atoms with E-state index in [2.05, 4.69) is 20.2 Å². The summed E-state index contributed by atoms with van der Waals surface area (Å²) in [4.78, 5) is 13.6. The number of rotatable bonds is 5. The SMILES string of the molecule is Cn1c(C(=O)Nc2ccc(SNc3ccn[nH]3)cc2)cc2cc(F)c(Cl)cc21. The Labute approximate surface area is 169 Å². The minimum atomic E-state index is -0.511. The number of benzene rings is 2. The first-order chi connectivity index (χ1) is 13.5. The number of aryl methyl sites for hydroxylation is 1. The normalized spacial score (nSPS) is 11.0. The van der Waals surface area contributed by atoms with Gasteiger partial charge < -0.3 is 14.6 Å². The van der Waals surface area contributed by atoms with Crippen LogP contribution in [0.3, 0.4) is 0 Å². The minimum absolute atomic E-state index is 0.0255. The Bertz CT molecular complexity index is 1140. The third-order valence-electron chi connectivity index (χ3n) is 4.21. The van der Waals surface area contributed by atoms with E-state index in [1.807, 2.05) is 30.3 Å². The number of nitrogens with one attached hydrogen (secondary N) is 3. The van der Waals surface area contributed by atoms with Crippen LogP contribution < -0.4 is 10.0 Å². The monoisotopic (exact) mass is 415 g/mol. The summed E-state index contributed by atoms with van der Waals surface area (Å²) in [6.45, 7) is 0. The van der Waals surface area contributed by atoms with Crippen molar-refractivity contribution < 1.29 is 9.18 Å². The number of aromatic nitrogens is 3. The predicted molar refractivity (Wildman–Crippen MR) is 110 cm³/mol. The van der Waals surface area contributed by atoms with Crippen molar-refractivity contribution in [1.29, 1.82) is 0 Å². The molecule has 6 nitrogen and oxygen atoms in total. The molecular weight excluding hydrogens is 401 g/mol. The average Bonchev–Trinajstić information content (AvgIpc) is 3.31. The number of carbonyl (C=O) groups excluding carboxylic acids is 1. The first kappa shape index (κ1) is 18.4. The molecule has 0 radical (unpaired) electrons. The molecule has 0 aliphatic rings. The summed E-state index contributed by atoms with van der Waals surface area (Å²) in [5.74, 6) is 0.00413. The van der Waals surface area contributed by atoms with Crippen LogP contribution in [0.4, 0.5) is 15.9 Å². The number of nitrogens with zero attached hydrogens (tertiary/aromatic N) is 2. The number of carbonyl (C=O) groups is 1. The molecule has 1 amide bonds. The number of aromatic amines is 1. The maximum absolute atomic E-state index is 13.7. The topological polar surface area (TPSA) is 74.7 Å². The molecule has 142 valence electrons. The molecule has 4 aromatic rings. The molecule has 0 fully saturated rings. The Morgan fingerprint density at radius 3 is 2.71 bits per heavy atom. The Hall–Kier alpha value is -2.97. The second kappa shape index (κ2) is 7.57. The zero-order chi connectivity index (χ0) is 19.7. The Balaban J connectivity index is 1.47. The lowest BCUT2D eigenvalue weighted by Gasteiger charge is -2.08. The van der Waals surface area contributed by atoms with Crippen molar-refractivity contribution in [2.75, 3.05) is 10.0 Å². The van der Waals surface area contributed by atoms with E-state index in [0.29, 0.717) is 22.3 Å². The van der Waals surface area contributed by atoms with E-state index < -0.39 is 5.82 Å². The fraction of sp³-hybridized carbons (Fsp3) is 0.0526. The number of amides is 1. The van der Waals surface area contributed by atoms with Crippen LogP contribution in [0.2, 0.25) is 5.02 Å². The van der Waals surface area contributed by atoms with Crippen LogP contribution in [0, 0.1) is 5.82 Å². The fourth-order valence-corrected chi connectivity index (χ4v) is 3.55. The van der Waals surface area contributed by atoms with Gasteiger partial charge in [0.1, 0.15) is 17.3 Å². The zero-order valence-electron chi connectivity index (χ0n) is 14.7. The van der Waals surface area contributed by atoms with Crippen LogP contribution >= 0.6 is 23.5 Å². The molecule has 0 saturated heterocycles. The highest BCUT2D eigenvalue weighted by Gasteiger charge is 2.15. The van der Waals surface area contributed by atoms with Crippen LogP contribution in [0.25, 0.3) is 10.9 Å². The van der Waals surface area contributed by atoms with Crippen molar-refractivity contribution >= 4 is 51.9 Å². The number of hydrogen-bond donors (Lipinski definition) is 3. The first-order valence-electron chi connectivity index (χ1n) is 8.29. The van der Waals surface area contributed by atoms with Gasteiger partial charge in [-0.05, 0) is 54.4 Å². The molecule has 2 aromatic heterocycles. The summed E-state index contributed by atoms with van der Waals surface area (Å²) < 4.78 is 18.5. The van der Waals surface area contributed by atoms with Gasteiger partial charge in [-0.2, -0.15) is 5.10 Å². The smallest absolute Gasteiger partial charge is 0.272 e. The lowest BCUT2D eigenvalue weighted by atomic mass is 10.2. The van der Waals surface area contributed by atoms with Crippen LogP contribution in [0.1, 0.15) is 10.5 Å². The molecule has 2 heterocycles. The Morgan fingerprint density at radius 2 is 2.00 bits per heavy atom. The molecule has 3 N–H and O–H groups in total. The summed E-state index contributed by atoms with van der Waals surface area (Å²) in [6.07, 6.45) is 1.66. The maximum Gasteiger partial charge on any atom is 0.272 e. The molecule has 0 bridgehead atoms. The summed E-state index contributed by atoms with van der Waals surface area (Å²) in [5.41, 5.74) is 1.76. The highest BCUT2D eigenvalue weighted by atomic mass is 35.5. The number of anilines is 2. The number of halogens is 2. The number of hydrogen-bond acceptors (Lipinski definition) is 4. The lowest BCUT2D eigenvalue weighted by Crippen LogP contribution is -2.15. The van der Waals surface area contributed by atoms with Crippen LogP contribution in [-0.4, -0.2) is 20.7 Å². The molecule has 0 unspecified atom stereocenters. The number of H-pyrrole nitrogens is 1. The second-order valence-corrected chi connectivity index (χ2v) is 7.35. The minimum Gasteiger partial charge on any atom is -0.340 e. The van der Waals surface area contributed by atoms with Gasteiger partial charge in [0.15, 0.2) is 0 Å². The molecule has 2 aromatic carbocycles. The molecule has 9 heteroatoms. The Morgan fingerprint density at radius 1 is 1.21 bits per heavy atom. The van der Waals surface area contributed by atoms with Gasteiger partial charge in [0.05, 0.1) is 16.7 Å². The van der Waals surface area contributed by atoms with Gasteiger partial charge in [-0.15, -0.1) is 0 Å². The van der Waals surface area contributed by atoms with Gasteiger partial charge in [0.2, 0.25) is 0 Å². The van der Waals surface area contributed by atoms with E-state index in [4.69, 9.17) is 11.6 Å². The standard InChI is InChI=1S/C19H15ClFN5OS/c1-26-16-10-14(20)15(21)8-11(16)9-17(26)19(27)23-12-2-4-13(5-3-12)28-25-18-6-7-22-24-18/h2-10H,1H3,(H,23,27)(H2,22,24,25). The largest absolute Gasteiger partial charge is 0.340 e. The third-order valence-corrected chi connectivity index (χ3v) is 5.33. The van der Waals surface area contributed by atoms with Gasteiger partial charge in [-0.25, -0.2) is 4.39 Å². The lowest BCUT2D eigenvalue weighted by molar-refractivity contribution is 0.101. The van der Waals surface area contributed by atoms with Crippen molar-refractivity contribution in [3.8, 4) is 0 Å². The van der Waals surface area contributed by atoms with Crippen molar-refractivity contribution in [3.63, 3.8) is 0 Å². The summed E-state index contributed by atoms with van der Waals surface area (Å²) in [6, 6.07) is 13.7. The van der Waals surface area contributed by atoms with Gasteiger partial charge in [0, 0.05) is 29.1 Å². The summed E-state index contributed by atoms with van der Waals surface area (Å²) in [5, 5.41) is 10.2. The van der Waals surface area contributed by atoms with Crippen molar-refractivity contribution in [2.24, 2.45) is 7.05 Å². The van der Waals surface area contributed by atoms with E-state index in [1.165, 1.54) is 24.1 Å². The van der Waals surface area contributed by atoms with Gasteiger partial charge >= 0.3 is 0 Å². The molecule has 0 aliphatic carbocycles. The second-order valence-electron chi connectivity index (χ2n) is 6.07. The first-order valence-corrected chi connectivity index (χ1v) is 9.49. The van der Waals surface area contributed by atoms with E-state index in [1.54, 1.807) is 23.9 Å². The fourth-order valence-electron chi connectivity index (χ4n) is 2.78. The summed E-state index contributed by atoms with van der Waals surface area (Å²) >= 11 is 7.27. The van der Waals surface area contributed by atoms with Gasteiger partial charge in [0.25, 0.3) is 5.91 Å². The van der Waals surface area contributed by atoms with Gasteiger partial charge in [-0.3, -0.25) is 9.89 Å². The Kier molecular flexibility index (Phi) is 4.97. The van der Waals surface area contributed by atoms with Crippen LogP contribution in [-0.2, 0) is 7.05 Å². The molecule has 28 heavy (non-hydrogen) atoms. The molecule has 0 aliphatic heterocycles. The molecule has 0 atom stereocenters. The van der Waals surface area contributed by atoms with Gasteiger partial charge in [-0.1, -0.05) is 11.6 Å². The van der Waals surface area contributed by atoms with Crippen LogP contribution in [0.5, 0.6) is 0 Å². The van der Waals surface area contributed by atoms with Crippen molar-refractivity contribution in [1.82, 2.24) is 14.8 Å². The molecule has 0 saturated carbocycles.